The molecule has 49 heavy (non-hydrogen) atoms. The second-order valence-corrected chi connectivity index (χ2v) is 9.15. The number of aliphatic imine (C=N–C) groups is 1. The number of carbonyl (C=O) groups excluding carboxylic acids is 3. The molecule has 1 unspecified atom stereocenters. The van der Waals surface area contributed by atoms with Crippen LogP contribution in [0.15, 0.2) is 41.4 Å². The fourth-order valence-corrected chi connectivity index (χ4v) is 3.42. The number of alkyl halides is 12. The number of ether oxygens (including phenoxy) is 1. The van der Waals surface area contributed by atoms with Crippen LogP contribution in [0.4, 0.5) is 58.4 Å². The van der Waals surface area contributed by atoms with E-state index in [1.54, 1.807) is 0 Å². The van der Waals surface area contributed by atoms with Crippen LogP contribution in [0.5, 0.6) is 0 Å². The van der Waals surface area contributed by atoms with Crippen molar-refractivity contribution in [2.45, 2.75) is 44.1 Å². The number of carboxylic acids is 1. The molecule has 2 aromatic carbocycles. The lowest BCUT2D eigenvalue weighted by atomic mass is 9.97. The van der Waals surface area contributed by atoms with Gasteiger partial charge in [0, 0.05) is 5.56 Å². The van der Waals surface area contributed by atoms with E-state index in [0.717, 1.165) is 12.4 Å². The lowest BCUT2D eigenvalue weighted by Gasteiger charge is -2.22. The van der Waals surface area contributed by atoms with E-state index in [4.69, 9.17) is 15.7 Å². The van der Waals surface area contributed by atoms with Crippen LogP contribution in [-0.2, 0) is 37.6 Å². The second kappa shape index (κ2) is 16.8. The van der Waals surface area contributed by atoms with Gasteiger partial charge in [0.15, 0.2) is 0 Å². The number of aliphatic carboxylic acids is 1. The molecule has 23 heteroatoms. The first-order chi connectivity index (χ1) is 22.3. The Balaban J connectivity index is 0.00000154. The van der Waals surface area contributed by atoms with Gasteiger partial charge in [-0.1, -0.05) is 0 Å². The van der Waals surface area contributed by atoms with E-state index in [2.05, 4.69) is 9.73 Å². The molecule has 0 spiro atoms. The Kier molecular flexibility index (Phi) is 14.4. The first-order valence-electron chi connectivity index (χ1n) is 12.8. The zero-order chi connectivity index (χ0) is 38.0. The van der Waals surface area contributed by atoms with Gasteiger partial charge in [0.2, 0.25) is 5.91 Å². The number of hydrazine groups is 1. The highest BCUT2D eigenvalue weighted by Gasteiger charge is 2.39. The summed E-state index contributed by atoms with van der Waals surface area (Å²) in [6.07, 6.45) is -20.5. The molecule has 0 saturated carbocycles. The summed E-state index contributed by atoms with van der Waals surface area (Å²) in [6, 6.07) is 0.646. The van der Waals surface area contributed by atoms with Crippen LogP contribution in [0.1, 0.15) is 52.0 Å². The number of carboxylic acid groups (broad SMARTS) is 1. The summed E-state index contributed by atoms with van der Waals surface area (Å²) in [4.78, 5) is 49.6. The van der Waals surface area contributed by atoms with Crippen LogP contribution < -0.4 is 21.9 Å². The smallest absolute Gasteiger partial charge is 0.475 e. The molecule has 0 heterocycles. The molecule has 2 amide bonds. The molecule has 0 aliphatic carbocycles. The normalized spacial score (nSPS) is 12.8. The Bertz CT molecular complexity index is 1490. The first-order valence-corrected chi connectivity index (χ1v) is 12.8. The quantitative estimate of drug-likeness (QED) is 0.0566. The number of carbonyl (C=O) groups is 4. The summed E-state index contributed by atoms with van der Waals surface area (Å²) < 4.78 is 156. The van der Waals surface area contributed by atoms with Gasteiger partial charge in [0.05, 0.1) is 48.0 Å². The van der Waals surface area contributed by atoms with E-state index in [1.165, 1.54) is 6.92 Å². The lowest BCUT2D eigenvalue weighted by molar-refractivity contribution is -0.192. The third kappa shape index (κ3) is 14.3. The minimum absolute atomic E-state index is 0.149. The standard InChI is InChI=1S/C24H22F9N5O4.C2HF3O2/c1-2-42-20(40)9-18(12-3-14(22(25,26)27)7-15(4-12)23(28,29)30)38-19(39)10-35-21(41)13-5-16(24(31,32)33)8-17(6-13)36-11-37-34;3-2(4,5)1(6)7/h3-8,11,18H,2,9-10,34H2,1H3,(H,35,41)(H,36,37)(H,38,39);(H,6,7). The molecule has 0 aliphatic rings. The van der Waals surface area contributed by atoms with Gasteiger partial charge in [-0.2, -0.15) is 52.7 Å². The Morgan fingerprint density at radius 3 is 1.76 bits per heavy atom. The number of esters is 1. The molecule has 6 N–H and O–H groups in total. The highest BCUT2D eigenvalue weighted by Crippen LogP contribution is 2.38. The van der Waals surface area contributed by atoms with E-state index in [0.29, 0.717) is 24.3 Å². The molecule has 2 rings (SSSR count). The number of nitrogens with two attached hydrogens (primary N) is 1. The predicted molar refractivity (Wildman–Crippen MR) is 142 cm³/mol. The van der Waals surface area contributed by atoms with Crippen molar-refractivity contribution in [1.82, 2.24) is 16.1 Å². The number of amides is 2. The molecule has 0 fully saturated rings. The largest absolute Gasteiger partial charge is 0.490 e. The second-order valence-electron chi connectivity index (χ2n) is 9.15. The Morgan fingerprint density at radius 2 is 1.33 bits per heavy atom. The SMILES string of the molecule is CCOC(=O)CC(NC(=O)CNC(=O)c1cc(N=CNN)cc(C(F)(F)F)c1)c1cc(C(F)(F)F)cc(C(F)(F)F)c1.O=C(O)C(F)(F)F. The maximum atomic E-state index is 13.3. The van der Waals surface area contributed by atoms with E-state index < -0.39 is 95.3 Å². The van der Waals surface area contributed by atoms with E-state index in [1.807, 2.05) is 16.1 Å². The Morgan fingerprint density at radius 1 is 0.837 bits per heavy atom. The van der Waals surface area contributed by atoms with Crippen molar-refractivity contribution >= 4 is 35.8 Å². The van der Waals surface area contributed by atoms with Gasteiger partial charge in [0.25, 0.3) is 5.91 Å². The fourth-order valence-electron chi connectivity index (χ4n) is 3.42. The van der Waals surface area contributed by atoms with Gasteiger partial charge < -0.3 is 25.9 Å². The number of nitrogens with one attached hydrogen (secondary N) is 3. The lowest BCUT2D eigenvalue weighted by Crippen LogP contribution is -2.39. The topological polar surface area (TPSA) is 172 Å². The number of halogens is 12. The molecular weight excluding hydrogens is 706 g/mol. The number of rotatable bonds is 10. The molecule has 0 aliphatic heterocycles. The maximum absolute atomic E-state index is 13.3. The predicted octanol–water partition coefficient (Wildman–Crippen LogP) is 5.04. The highest BCUT2D eigenvalue weighted by atomic mass is 19.4. The van der Waals surface area contributed by atoms with Crippen molar-refractivity contribution < 1.29 is 81.7 Å². The van der Waals surface area contributed by atoms with Gasteiger partial charge in [-0.15, -0.1) is 0 Å². The zero-order valence-electron chi connectivity index (χ0n) is 24.3. The fraction of sp³-hybridized carbons (Fsp3) is 0.346. The molecule has 11 nitrogen and oxygen atoms in total. The monoisotopic (exact) mass is 729 g/mol. The van der Waals surface area contributed by atoms with E-state index in [-0.39, 0.29) is 18.4 Å². The zero-order valence-corrected chi connectivity index (χ0v) is 24.3. The van der Waals surface area contributed by atoms with Crippen LogP contribution in [0.2, 0.25) is 0 Å². The van der Waals surface area contributed by atoms with E-state index >= 15 is 0 Å². The Labute approximate surface area is 266 Å². The van der Waals surface area contributed by atoms with Crippen molar-refractivity contribution in [2.24, 2.45) is 10.8 Å². The van der Waals surface area contributed by atoms with E-state index in [9.17, 15) is 67.1 Å². The maximum Gasteiger partial charge on any atom is 0.490 e. The average molecular weight is 729 g/mol. The molecule has 0 radical (unpaired) electrons. The van der Waals surface area contributed by atoms with Crippen LogP contribution in [-0.4, -0.2) is 54.5 Å². The Hall–Kier alpha value is -5.09. The van der Waals surface area contributed by atoms with Crippen molar-refractivity contribution in [3.8, 4) is 0 Å². The number of benzene rings is 2. The number of nitrogens with zero attached hydrogens (tertiary/aromatic N) is 1. The summed E-state index contributed by atoms with van der Waals surface area (Å²) in [5, 5.41) is 11.2. The third-order valence-corrected chi connectivity index (χ3v) is 5.47. The van der Waals surface area contributed by atoms with Crippen molar-refractivity contribution in [3.05, 3.63) is 64.2 Å². The first kappa shape index (κ1) is 41.9. The van der Waals surface area contributed by atoms with Crippen molar-refractivity contribution in [2.75, 3.05) is 13.2 Å². The summed E-state index contributed by atoms with van der Waals surface area (Å²) in [5.41, 5.74) is -4.44. The van der Waals surface area contributed by atoms with Gasteiger partial charge in [-0.3, -0.25) is 14.4 Å². The molecule has 272 valence electrons. The minimum atomic E-state index is -5.23. The number of hydrogen-bond acceptors (Lipinski definition) is 7. The van der Waals surface area contributed by atoms with Crippen molar-refractivity contribution in [1.29, 1.82) is 0 Å². The van der Waals surface area contributed by atoms with Gasteiger partial charge >= 0.3 is 36.6 Å². The molecule has 2 aromatic rings. The summed E-state index contributed by atoms with van der Waals surface area (Å²) in [6.45, 7) is 0.183. The van der Waals surface area contributed by atoms with Crippen molar-refractivity contribution in [3.63, 3.8) is 0 Å². The highest BCUT2D eigenvalue weighted by molar-refractivity contribution is 5.97. The molecule has 0 aromatic heterocycles. The van der Waals surface area contributed by atoms with Crippen LogP contribution in [0.25, 0.3) is 0 Å². The summed E-state index contributed by atoms with van der Waals surface area (Å²) in [7, 11) is 0. The molecule has 0 saturated heterocycles. The van der Waals surface area contributed by atoms with Crippen LogP contribution in [0, 0.1) is 0 Å². The van der Waals surface area contributed by atoms with Gasteiger partial charge in [-0.25, -0.2) is 15.6 Å². The average Bonchev–Trinajstić information content (AvgIpc) is 2.96. The van der Waals surface area contributed by atoms with Crippen LogP contribution in [0.3, 0.4) is 0 Å². The number of hydrogen-bond donors (Lipinski definition) is 5. The van der Waals surface area contributed by atoms with Gasteiger partial charge in [-0.05, 0) is 48.9 Å². The molecule has 1 atom stereocenters. The summed E-state index contributed by atoms with van der Waals surface area (Å²) in [5.74, 6) is -1.28. The summed E-state index contributed by atoms with van der Waals surface area (Å²) >= 11 is 0. The van der Waals surface area contributed by atoms with Gasteiger partial charge in [0.1, 0.15) is 6.34 Å². The molecule has 0 bridgehead atoms. The molecular formula is C26H23F12N5O6. The third-order valence-electron chi connectivity index (χ3n) is 5.47. The minimum Gasteiger partial charge on any atom is -0.475 e. The van der Waals surface area contributed by atoms with Crippen LogP contribution >= 0.6 is 0 Å².